The zero-order valence-corrected chi connectivity index (χ0v) is 12.6. The van der Waals surface area contributed by atoms with Gasteiger partial charge in [0.05, 0.1) is 0 Å². The van der Waals surface area contributed by atoms with Crippen LogP contribution in [0, 0.1) is 0 Å². The zero-order chi connectivity index (χ0) is 13.6. The van der Waals surface area contributed by atoms with Gasteiger partial charge in [-0.15, -0.1) is 0 Å². The molecule has 0 aliphatic rings. The van der Waals surface area contributed by atoms with E-state index in [1.807, 2.05) is 0 Å². The molecule has 1 aromatic rings. The molecule has 2 heteroatoms. The smallest absolute Gasteiger partial charge is 0.0366 e. The van der Waals surface area contributed by atoms with Crippen molar-refractivity contribution in [3.63, 3.8) is 0 Å². The number of hydrogen-bond acceptors (Lipinski definition) is 2. The topological polar surface area (TPSA) is 15.3 Å². The van der Waals surface area contributed by atoms with E-state index in [0.29, 0.717) is 0 Å². The lowest BCUT2D eigenvalue weighted by Crippen LogP contribution is -2.37. The first-order valence-electron chi connectivity index (χ1n) is 7.11. The third-order valence-corrected chi connectivity index (χ3v) is 3.72. The van der Waals surface area contributed by atoms with E-state index in [1.54, 1.807) is 0 Å². The fraction of sp³-hybridized carbons (Fsp3) is 0.625. The van der Waals surface area contributed by atoms with Gasteiger partial charge in [0.25, 0.3) is 0 Å². The van der Waals surface area contributed by atoms with Gasteiger partial charge in [-0.25, -0.2) is 0 Å². The Kier molecular flexibility index (Phi) is 5.67. The Hall–Kier alpha value is -1.02. The molecule has 0 fully saturated rings. The quantitative estimate of drug-likeness (QED) is 0.789. The molecule has 0 bridgehead atoms. The van der Waals surface area contributed by atoms with Crippen molar-refractivity contribution < 1.29 is 0 Å². The van der Waals surface area contributed by atoms with Crippen molar-refractivity contribution in [3.8, 4) is 0 Å². The highest BCUT2D eigenvalue weighted by atomic mass is 15.1. The third-order valence-electron chi connectivity index (χ3n) is 3.72. The summed E-state index contributed by atoms with van der Waals surface area (Å²) >= 11 is 0. The number of rotatable bonds is 7. The normalized spacial score (nSPS) is 11.6. The molecule has 0 saturated carbocycles. The van der Waals surface area contributed by atoms with E-state index in [4.69, 9.17) is 0 Å². The van der Waals surface area contributed by atoms with Crippen molar-refractivity contribution in [1.29, 1.82) is 0 Å². The highest BCUT2D eigenvalue weighted by molar-refractivity contribution is 5.47. The molecule has 0 aromatic heterocycles. The van der Waals surface area contributed by atoms with Crippen LogP contribution in [0.25, 0.3) is 0 Å². The molecule has 0 radical (unpaired) electrons. The van der Waals surface area contributed by atoms with E-state index in [9.17, 15) is 0 Å². The molecule has 0 aliphatic heterocycles. The maximum absolute atomic E-state index is 3.59. The Morgan fingerprint density at radius 3 is 2.00 bits per heavy atom. The van der Waals surface area contributed by atoms with Crippen molar-refractivity contribution in [2.45, 2.75) is 53.1 Å². The number of anilines is 1. The van der Waals surface area contributed by atoms with Gasteiger partial charge in [-0.2, -0.15) is 0 Å². The summed E-state index contributed by atoms with van der Waals surface area (Å²) in [6.45, 7) is 14.2. The molecule has 0 heterocycles. The molecule has 0 aliphatic carbocycles. The minimum Gasteiger partial charge on any atom is -0.372 e. The molecular formula is C16H28N2. The summed E-state index contributed by atoms with van der Waals surface area (Å²) < 4.78 is 0. The zero-order valence-electron chi connectivity index (χ0n) is 12.6. The third kappa shape index (κ3) is 4.34. The maximum atomic E-state index is 3.59. The highest BCUT2D eigenvalue weighted by Crippen LogP contribution is 2.16. The lowest BCUT2D eigenvalue weighted by Gasteiger charge is -2.25. The molecular weight excluding hydrogens is 220 g/mol. The molecule has 0 amide bonds. The van der Waals surface area contributed by atoms with Crippen LogP contribution in [0.5, 0.6) is 0 Å². The van der Waals surface area contributed by atoms with Gasteiger partial charge in [0.15, 0.2) is 0 Å². The van der Waals surface area contributed by atoms with Crippen LogP contribution in [-0.4, -0.2) is 18.6 Å². The fourth-order valence-electron chi connectivity index (χ4n) is 1.88. The lowest BCUT2D eigenvalue weighted by molar-refractivity contribution is 0.374. The van der Waals surface area contributed by atoms with Crippen LogP contribution in [0.15, 0.2) is 24.3 Å². The van der Waals surface area contributed by atoms with Gasteiger partial charge >= 0.3 is 0 Å². The first-order valence-corrected chi connectivity index (χ1v) is 7.11. The summed E-state index contributed by atoms with van der Waals surface area (Å²) in [5, 5.41) is 3.59. The Morgan fingerprint density at radius 2 is 1.56 bits per heavy atom. The van der Waals surface area contributed by atoms with Gasteiger partial charge in [-0.05, 0) is 51.8 Å². The average molecular weight is 248 g/mol. The van der Waals surface area contributed by atoms with Gasteiger partial charge in [0.1, 0.15) is 0 Å². The van der Waals surface area contributed by atoms with Gasteiger partial charge < -0.3 is 10.2 Å². The predicted molar refractivity (Wildman–Crippen MR) is 81.2 cm³/mol. The summed E-state index contributed by atoms with van der Waals surface area (Å²) in [6, 6.07) is 8.91. The summed E-state index contributed by atoms with van der Waals surface area (Å²) in [6.07, 6.45) is 1.14. The van der Waals surface area contributed by atoms with E-state index in [-0.39, 0.29) is 5.54 Å². The average Bonchev–Trinajstić information content (AvgIpc) is 2.39. The SMILES string of the molecule is CCN(CC)c1ccc(CNC(C)(C)CC)cc1. The minimum absolute atomic E-state index is 0.220. The summed E-state index contributed by atoms with van der Waals surface area (Å²) in [4.78, 5) is 2.37. The molecule has 18 heavy (non-hydrogen) atoms. The molecule has 0 unspecified atom stereocenters. The van der Waals surface area contributed by atoms with Crippen molar-refractivity contribution in [2.75, 3.05) is 18.0 Å². The standard InChI is InChI=1S/C16H28N2/c1-6-16(4,5)17-13-14-9-11-15(12-10-14)18(7-2)8-3/h9-12,17H,6-8,13H2,1-5H3. The van der Waals surface area contributed by atoms with Crippen molar-refractivity contribution >= 4 is 5.69 Å². The molecule has 0 atom stereocenters. The van der Waals surface area contributed by atoms with E-state index in [2.05, 4.69) is 69.1 Å². The first kappa shape index (κ1) is 15.0. The predicted octanol–water partition coefficient (Wildman–Crippen LogP) is 3.81. The molecule has 0 saturated heterocycles. The molecule has 1 N–H and O–H groups in total. The van der Waals surface area contributed by atoms with Gasteiger partial charge in [-0.3, -0.25) is 0 Å². The van der Waals surface area contributed by atoms with E-state index in [0.717, 1.165) is 26.1 Å². The molecule has 2 nitrogen and oxygen atoms in total. The maximum Gasteiger partial charge on any atom is 0.0366 e. The summed E-state index contributed by atoms with van der Waals surface area (Å²) in [5.74, 6) is 0. The van der Waals surface area contributed by atoms with Gasteiger partial charge in [-0.1, -0.05) is 19.1 Å². The van der Waals surface area contributed by atoms with Crippen LogP contribution in [0.1, 0.15) is 46.6 Å². The van der Waals surface area contributed by atoms with Crippen LogP contribution < -0.4 is 10.2 Å². The van der Waals surface area contributed by atoms with Gasteiger partial charge in [0, 0.05) is 30.9 Å². The number of hydrogen-bond donors (Lipinski definition) is 1. The molecule has 0 spiro atoms. The number of benzene rings is 1. The van der Waals surface area contributed by atoms with Crippen molar-refractivity contribution in [1.82, 2.24) is 5.32 Å². The lowest BCUT2D eigenvalue weighted by atomic mass is 10.0. The van der Waals surface area contributed by atoms with E-state index < -0.39 is 0 Å². The monoisotopic (exact) mass is 248 g/mol. The Bertz CT molecular complexity index is 337. The van der Waals surface area contributed by atoms with Crippen LogP contribution in [0.2, 0.25) is 0 Å². The molecule has 102 valence electrons. The minimum atomic E-state index is 0.220. The summed E-state index contributed by atoms with van der Waals surface area (Å²) in [7, 11) is 0. The Balaban J connectivity index is 2.60. The van der Waals surface area contributed by atoms with E-state index >= 15 is 0 Å². The molecule has 1 rings (SSSR count). The van der Waals surface area contributed by atoms with Crippen LogP contribution in [0.4, 0.5) is 5.69 Å². The van der Waals surface area contributed by atoms with Crippen LogP contribution >= 0.6 is 0 Å². The first-order chi connectivity index (χ1) is 8.52. The Morgan fingerprint density at radius 1 is 1.00 bits per heavy atom. The van der Waals surface area contributed by atoms with Crippen LogP contribution in [0.3, 0.4) is 0 Å². The van der Waals surface area contributed by atoms with E-state index in [1.165, 1.54) is 11.3 Å². The van der Waals surface area contributed by atoms with Crippen molar-refractivity contribution in [2.24, 2.45) is 0 Å². The highest BCUT2D eigenvalue weighted by Gasteiger charge is 2.13. The second-order valence-electron chi connectivity index (χ2n) is 5.43. The second kappa shape index (κ2) is 6.79. The largest absolute Gasteiger partial charge is 0.372 e. The van der Waals surface area contributed by atoms with Gasteiger partial charge in [0.2, 0.25) is 0 Å². The summed E-state index contributed by atoms with van der Waals surface area (Å²) in [5.41, 5.74) is 2.89. The van der Waals surface area contributed by atoms with Crippen LogP contribution in [-0.2, 0) is 6.54 Å². The number of nitrogens with one attached hydrogen (secondary N) is 1. The van der Waals surface area contributed by atoms with Crippen molar-refractivity contribution in [3.05, 3.63) is 29.8 Å². The Labute approximate surface area is 112 Å². The molecule has 1 aromatic carbocycles. The number of nitrogens with zero attached hydrogens (tertiary/aromatic N) is 1. The fourth-order valence-corrected chi connectivity index (χ4v) is 1.88. The second-order valence-corrected chi connectivity index (χ2v) is 5.43.